The Hall–Kier alpha value is -2.47. The fourth-order valence-corrected chi connectivity index (χ4v) is 2.77. The molecule has 0 amide bonds. The number of hydrogen-bond donors (Lipinski definition) is 0. The Balaban J connectivity index is 1.63. The van der Waals surface area contributed by atoms with Crippen LogP contribution in [0.2, 0.25) is 0 Å². The number of nitrogens with zero attached hydrogens (tertiary/aromatic N) is 4. The van der Waals surface area contributed by atoms with Gasteiger partial charge in [0.25, 0.3) is 0 Å². The standard InChI is InChI=1S/C16H14N4OS/c21-15(11-13-7-3-1-4-8-13)12-22-16-17-18-19-20(16)14-9-5-2-6-10-14/h1-10H,11-12H2. The summed E-state index contributed by atoms with van der Waals surface area (Å²) in [7, 11) is 0. The molecule has 0 unspecified atom stereocenters. The number of benzene rings is 2. The molecule has 0 N–H and O–H groups in total. The number of rotatable bonds is 6. The van der Waals surface area contributed by atoms with Crippen LogP contribution >= 0.6 is 11.8 Å². The van der Waals surface area contributed by atoms with Crippen LogP contribution in [-0.4, -0.2) is 31.7 Å². The van der Waals surface area contributed by atoms with Gasteiger partial charge in [-0.25, -0.2) is 0 Å². The number of ketones is 1. The van der Waals surface area contributed by atoms with Crippen LogP contribution in [0.1, 0.15) is 5.56 Å². The summed E-state index contributed by atoms with van der Waals surface area (Å²) in [6, 6.07) is 19.3. The van der Waals surface area contributed by atoms with Gasteiger partial charge in [0, 0.05) is 6.42 Å². The molecule has 0 saturated heterocycles. The van der Waals surface area contributed by atoms with E-state index in [9.17, 15) is 4.79 Å². The number of hydrogen-bond acceptors (Lipinski definition) is 5. The van der Waals surface area contributed by atoms with Gasteiger partial charge in [0.1, 0.15) is 5.78 Å². The van der Waals surface area contributed by atoms with E-state index < -0.39 is 0 Å². The van der Waals surface area contributed by atoms with E-state index in [2.05, 4.69) is 15.5 Å². The second kappa shape index (κ2) is 7.00. The lowest BCUT2D eigenvalue weighted by Gasteiger charge is -2.04. The van der Waals surface area contributed by atoms with Crippen molar-refractivity contribution in [2.45, 2.75) is 11.6 Å². The topological polar surface area (TPSA) is 60.7 Å². The third-order valence-corrected chi connectivity index (χ3v) is 4.03. The summed E-state index contributed by atoms with van der Waals surface area (Å²) < 4.78 is 1.64. The summed E-state index contributed by atoms with van der Waals surface area (Å²) in [6.07, 6.45) is 0.431. The Labute approximate surface area is 132 Å². The van der Waals surface area contributed by atoms with Crippen LogP contribution in [-0.2, 0) is 11.2 Å². The fourth-order valence-electron chi connectivity index (χ4n) is 2.02. The van der Waals surface area contributed by atoms with Crippen LogP contribution in [0.25, 0.3) is 5.69 Å². The van der Waals surface area contributed by atoms with Crippen molar-refractivity contribution in [3.8, 4) is 5.69 Å². The van der Waals surface area contributed by atoms with E-state index in [4.69, 9.17) is 0 Å². The first-order valence-corrected chi connectivity index (χ1v) is 7.84. The zero-order valence-corrected chi connectivity index (χ0v) is 12.6. The molecule has 110 valence electrons. The lowest BCUT2D eigenvalue weighted by atomic mass is 10.1. The first-order chi connectivity index (χ1) is 10.8. The first-order valence-electron chi connectivity index (χ1n) is 6.85. The monoisotopic (exact) mass is 310 g/mol. The van der Waals surface area contributed by atoms with Crippen molar-refractivity contribution in [1.82, 2.24) is 20.2 Å². The number of thioether (sulfide) groups is 1. The first kappa shape index (κ1) is 14.5. The lowest BCUT2D eigenvalue weighted by molar-refractivity contribution is -0.116. The van der Waals surface area contributed by atoms with Crippen LogP contribution in [0.3, 0.4) is 0 Å². The molecule has 1 aromatic heterocycles. The quantitative estimate of drug-likeness (QED) is 0.655. The van der Waals surface area contributed by atoms with Crippen molar-refractivity contribution in [1.29, 1.82) is 0 Å². The van der Waals surface area contributed by atoms with E-state index in [1.807, 2.05) is 60.7 Å². The largest absolute Gasteiger partial charge is 0.298 e. The minimum absolute atomic E-state index is 0.152. The molecule has 0 fully saturated rings. The summed E-state index contributed by atoms with van der Waals surface area (Å²) in [5.41, 5.74) is 1.90. The molecule has 2 aromatic carbocycles. The lowest BCUT2D eigenvalue weighted by Crippen LogP contribution is -2.07. The van der Waals surface area contributed by atoms with Crippen molar-refractivity contribution >= 4 is 17.5 Å². The van der Waals surface area contributed by atoms with Gasteiger partial charge in [-0.1, -0.05) is 60.3 Å². The Bertz CT molecular complexity index is 743. The van der Waals surface area contributed by atoms with Gasteiger partial charge in [-0.15, -0.1) is 5.10 Å². The maximum Gasteiger partial charge on any atom is 0.214 e. The second-order valence-corrected chi connectivity index (χ2v) is 5.64. The Morgan fingerprint density at radius 3 is 2.41 bits per heavy atom. The molecule has 3 aromatic rings. The minimum Gasteiger partial charge on any atom is -0.298 e. The number of aromatic nitrogens is 4. The van der Waals surface area contributed by atoms with E-state index in [0.29, 0.717) is 17.3 Å². The average Bonchev–Trinajstić information content (AvgIpc) is 3.03. The zero-order chi connectivity index (χ0) is 15.2. The van der Waals surface area contributed by atoms with Gasteiger partial charge >= 0.3 is 0 Å². The highest BCUT2D eigenvalue weighted by Gasteiger charge is 2.11. The second-order valence-electron chi connectivity index (χ2n) is 4.70. The van der Waals surface area contributed by atoms with Crippen LogP contribution in [0.4, 0.5) is 0 Å². The highest BCUT2D eigenvalue weighted by Crippen LogP contribution is 2.18. The van der Waals surface area contributed by atoms with E-state index >= 15 is 0 Å². The van der Waals surface area contributed by atoms with Gasteiger partial charge in [-0.05, 0) is 28.1 Å². The molecule has 3 rings (SSSR count). The van der Waals surface area contributed by atoms with Gasteiger partial charge in [-0.2, -0.15) is 4.68 Å². The molecule has 0 bridgehead atoms. The molecule has 0 spiro atoms. The molecule has 0 saturated carbocycles. The van der Waals surface area contributed by atoms with Crippen molar-refractivity contribution in [2.24, 2.45) is 0 Å². The number of para-hydroxylation sites is 1. The van der Waals surface area contributed by atoms with Gasteiger partial charge in [0.2, 0.25) is 5.16 Å². The Kier molecular flexibility index (Phi) is 4.60. The van der Waals surface area contributed by atoms with Crippen molar-refractivity contribution < 1.29 is 4.79 Å². The maximum absolute atomic E-state index is 12.1. The summed E-state index contributed by atoms with van der Waals surface area (Å²) in [5, 5.41) is 12.3. The zero-order valence-electron chi connectivity index (χ0n) is 11.8. The molecule has 5 nitrogen and oxygen atoms in total. The fraction of sp³-hybridized carbons (Fsp3) is 0.125. The molecular formula is C16H14N4OS. The summed E-state index contributed by atoms with van der Waals surface area (Å²) in [5.74, 6) is 0.501. The Morgan fingerprint density at radius 1 is 1.00 bits per heavy atom. The van der Waals surface area contributed by atoms with Crippen molar-refractivity contribution in [3.05, 3.63) is 66.2 Å². The summed E-state index contributed by atoms with van der Waals surface area (Å²) in [4.78, 5) is 12.1. The molecule has 0 aliphatic carbocycles. The number of tetrazole rings is 1. The molecule has 1 heterocycles. The third kappa shape index (κ3) is 3.59. The van der Waals surface area contributed by atoms with Gasteiger partial charge in [-0.3, -0.25) is 4.79 Å². The van der Waals surface area contributed by atoms with Gasteiger partial charge < -0.3 is 0 Å². The molecular weight excluding hydrogens is 296 g/mol. The molecule has 6 heteroatoms. The number of carbonyl (C=O) groups excluding carboxylic acids is 1. The molecule has 22 heavy (non-hydrogen) atoms. The minimum atomic E-state index is 0.152. The molecule has 0 atom stereocenters. The number of carbonyl (C=O) groups is 1. The van der Waals surface area contributed by atoms with Crippen LogP contribution in [0, 0.1) is 0 Å². The van der Waals surface area contributed by atoms with Gasteiger partial charge in [0.05, 0.1) is 11.4 Å². The smallest absolute Gasteiger partial charge is 0.214 e. The third-order valence-electron chi connectivity index (χ3n) is 3.05. The van der Waals surface area contributed by atoms with Gasteiger partial charge in [0.15, 0.2) is 0 Å². The van der Waals surface area contributed by atoms with Crippen LogP contribution in [0.15, 0.2) is 65.8 Å². The van der Waals surface area contributed by atoms with Crippen LogP contribution < -0.4 is 0 Å². The maximum atomic E-state index is 12.1. The normalized spacial score (nSPS) is 10.5. The number of Topliss-reactive ketones (excluding diaryl/α,β-unsaturated/α-hetero) is 1. The summed E-state index contributed by atoms with van der Waals surface area (Å²) >= 11 is 1.35. The van der Waals surface area contributed by atoms with Crippen molar-refractivity contribution in [3.63, 3.8) is 0 Å². The molecule has 0 aliphatic heterocycles. The predicted molar refractivity (Wildman–Crippen MR) is 85.0 cm³/mol. The molecule has 0 aliphatic rings. The predicted octanol–water partition coefficient (Wildman–Crippen LogP) is 2.57. The summed E-state index contributed by atoms with van der Waals surface area (Å²) in [6.45, 7) is 0. The van der Waals surface area contributed by atoms with E-state index in [0.717, 1.165) is 11.3 Å². The molecule has 0 radical (unpaired) electrons. The average molecular weight is 310 g/mol. The van der Waals surface area contributed by atoms with Crippen molar-refractivity contribution in [2.75, 3.05) is 5.75 Å². The highest BCUT2D eigenvalue weighted by atomic mass is 32.2. The van der Waals surface area contributed by atoms with E-state index in [-0.39, 0.29) is 5.78 Å². The highest BCUT2D eigenvalue weighted by molar-refractivity contribution is 7.99. The Morgan fingerprint density at radius 2 is 1.68 bits per heavy atom. The van der Waals surface area contributed by atoms with Crippen LogP contribution in [0.5, 0.6) is 0 Å². The van der Waals surface area contributed by atoms with E-state index in [1.165, 1.54) is 11.8 Å². The van der Waals surface area contributed by atoms with E-state index in [1.54, 1.807) is 4.68 Å². The SMILES string of the molecule is O=C(CSc1nnnn1-c1ccccc1)Cc1ccccc1.